The molecule has 4 heteroatoms. The highest BCUT2D eigenvalue weighted by molar-refractivity contribution is 5.89. The fraction of sp³-hybridized carbons (Fsp3) is 0.400. The van der Waals surface area contributed by atoms with Gasteiger partial charge in [0.1, 0.15) is 12.0 Å². The first kappa shape index (κ1) is 10.5. The number of aldehydes is 1. The van der Waals surface area contributed by atoms with Crippen molar-refractivity contribution in [1.82, 2.24) is 4.98 Å². The second kappa shape index (κ2) is 4.09. The van der Waals surface area contributed by atoms with Crippen molar-refractivity contribution >= 4 is 12.3 Å². The first-order chi connectivity index (χ1) is 6.61. The van der Waals surface area contributed by atoms with Gasteiger partial charge in [0.05, 0.1) is 7.11 Å². The molecule has 0 atom stereocenters. The quantitative estimate of drug-likeness (QED) is 0.581. The molecule has 1 aromatic rings. The molecule has 0 aliphatic heterocycles. The van der Waals surface area contributed by atoms with Gasteiger partial charge in [-0.2, -0.15) is 0 Å². The number of carbonyl (C=O) groups is 2. The van der Waals surface area contributed by atoms with Crippen molar-refractivity contribution < 1.29 is 14.3 Å². The Morgan fingerprint density at radius 1 is 1.43 bits per heavy atom. The van der Waals surface area contributed by atoms with Crippen LogP contribution in [0.5, 0.6) is 0 Å². The number of hydrogen-bond donors (Lipinski definition) is 1. The number of methoxy groups -OCH3 is 1. The smallest absolute Gasteiger partial charge is 0.354 e. The van der Waals surface area contributed by atoms with E-state index in [1.807, 2.05) is 13.8 Å². The van der Waals surface area contributed by atoms with Crippen LogP contribution in [-0.2, 0) is 16.0 Å². The highest BCUT2D eigenvalue weighted by atomic mass is 16.5. The molecular weight excluding hydrogens is 182 g/mol. The first-order valence-electron chi connectivity index (χ1n) is 4.31. The summed E-state index contributed by atoms with van der Waals surface area (Å²) < 4.78 is 4.61. The highest BCUT2D eigenvalue weighted by Crippen LogP contribution is 2.17. The number of esters is 1. The topological polar surface area (TPSA) is 59.2 Å². The molecule has 1 heterocycles. The summed E-state index contributed by atoms with van der Waals surface area (Å²) in [5, 5.41) is 0. The van der Waals surface area contributed by atoms with Crippen LogP contribution in [0.1, 0.15) is 27.3 Å². The van der Waals surface area contributed by atoms with Crippen LogP contribution >= 0.6 is 0 Å². The molecule has 4 nitrogen and oxygen atoms in total. The van der Waals surface area contributed by atoms with Gasteiger partial charge in [-0.05, 0) is 25.0 Å². The third kappa shape index (κ3) is 1.69. The molecule has 0 aliphatic rings. The number of ether oxygens (including phenoxy) is 1. The molecule has 76 valence electrons. The van der Waals surface area contributed by atoms with E-state index in [1.165, 1.54) is 7.11 Å². The maximum absolute atomic E-state index is 11.3. The third-order valence-corrected chi connectivity index (χ3v) is 2.34. The Morgan fingerprint density at radius 2 is 2.07 bits per heavy atom. The molecule has 14 heavy (non-hydrogen) atoms. The van der Waals surface area contributed by atoms with Crippen molar-refractivity contribution in [2.45, 2.75) is 20.3 Å². The minimum atomic E-state index is -0.400. The predicted molar refractivity (Wildman–Crippen MR) is 51.4 cm³/mol. The van der Waals surface area contributed by atoms with Gasteiger partial charge in [0, 0.05) is 12.1 Å². The van der Waals surface area contributed by atoms with E-state index in [0.717, 1.165) is 23.1 Å². The van der Waals surface area contributed by atoms with Crippen LogP contribution in [0.4, 0.5) is 0 Å². The Labute approximate surface area is 82.3 Å². The molecule has 0 aromatic carbocycles. The Hall–Kier alpha value is -1.58. The fourth-order valence-corrected chi connectivity index (χ4v) is 1.35. The number of H-pyrrole nitrogens is 1. The summed E-state index contributed by atoms with van der Waals surface area (Å²) in [4.78, 5) is 24.5. The second-order valence-electron chi connectivity index (χ2n) is 3.09. The lowest BCUT2D eigenvalue weighted by Crippen LogP contribution is -2.03. The van der Waals surface area contributed by atoms with Gasteiger partial charge in [0.2, 0.25) is 0 Å². The average molecular weight is 195 g/mol. The molecule has 0 aliphatic carbocycles. The lowest BCUT2D eigenvalue weighted by molar-refractivity contribution is -0.107. The van der Waals surface area contributed by atoms with Gasteiger partial charge in [-0.3, -0.25) is 0 Å². The van der Waals surface area contributed by atoms with Crippen LogP contribution in [0, 0.1) is 13.8 Å². The maximum atomic E-state index is 11.3. The van der Waals surface area contributed by atoms with Gasteiger partial charge < -0.3 is 14.5 Å². The van der Waals surface area contributed by atoms with Crippen molar-refractivity contribution in [1.29, 1.82) is 0 Å². The van der Waals surface area contributed by atoms with E-state index in [9.17, 15) is 9.59 Å². The Kier molecular flexibility index (Phi) is 3.06. The van der Waals surface area contributed by atoms with Crippen LogP contribution in [0.15, 0.2) is 0 Å². The standard InChI is InChI=1S/C10H13NO3/c1-6-7(2)9(10(13)14-3)11-8(6)4-5-12/h5,11H,4H2,1-3H3. The van der Waals surface area contributed by atoms with Gasteiger partial charge in [0.15, 0.2) is 0 Å². The number of nitrogens with one attached hydrogen (secondary N) is 1. The van der Waals surface area contributed by atoms with E-state index in [4.69, 9.17) is 0 Å². The third-order valence-electron chi connectivity index (χ3n) is 2.34. The summed E-state index contributed by atoms with van der Waals surface area (Å²) >= 11 is 0. The van der Waals surface area contributed by atoms with E-state index < -0.39 is 5.97 Å². The maximum Gasteiger partial charge on any atom is 0.354 e. The number of hydrogen-bond acceptors (Lipinski definition) is 3. The fourth-order valence-electron chi connectivity index (χ4n) is 1.35. The number of aromatic amines is 1. The molecule has 0 saturated heterocycles. The zero-order valence-electron chi connectivity index (χ0n) is 8.51. The molecule has 0 bridgehead atoms. The van der Waals surface area contributed by atoms with Crippen LogP contribution in [-0.4, -0.2) is 24.3 Å². The van der Waals surface area contributed by atoms with Crippen LogP contribution in [0.2, 0.25) is 0 Å². The van der Waals surface area contributed by atoms with Crippen LogP contribution in [0.25, 0.3) is 0 Å². The lowest BCUT2D eigenvalue weighted by atomic mass is 10.1. The van der Waals surface area contributed by atoms with Crippen molar-refractivity contribution in [3.63, 3.8) is 0 Å². The van der Waals surface area contributed by atoms with Crippen molar-refractivity contribution in [2.24, 2.45) is 0 Å². The number of carbonyl (C=O) groups excluding carboxylic acids is 2. The molecule has 1 N–H and O–H groups in total. The number of rotatable bonds is 3. The van der Waals surface area contributed by atoms with Gasteiger partial charge in [-0.15, -0.1) is 0 Å². The Bertz CT molecular complexity index is 366. The van der Waals surface area contributed by atoms with E-state index in [-0.39, 0.29) is 0 Å². The van der Waals surface area contributed by atoms with Crippen molar-refractivity contribution in [2.75, 3.05) is 7.11 Å². The van der Waals surface area contributed by atoms with Crippen molar-refractivity contribution in [3.05, 3.63) is 22.5 Å². The summed E-state index contributed by atoms with van der Waals surface area (Å²) in [6, 6.07) is 0. The van der Waals surface area contributed by atoms with E-state index in [1.54, 1.807) is 0 Å². The van der Waals surface area contributed by atoms with Gasteiger partial charge in [0.25, 0.3) is 0 Å². The first-order valence-corrected chi connectivity index (χ1v) is 4.31. The van der Waals surface area contributed by atoms with Gasteiger partial charge in [-0.25, -0.2) is 4.79 Å². The van der Waals surface area contributed by atoms with Gasteiger partial charge in [-0.1, -0.05) is 0 Å². The van der Waals surface area contributed by atoms with Crippen molar-refractivity contribution in [3.8, 4) is 0 Å². The molecule has 1 rings (SSSR count). The Balaban J connectivity index is 3.14. The normalized spacial score (nSPS) is 9.93. The molecule has 0 amide bonds. The monoisotopic (exact) mass is 195 g/mol. The molecular formula is C10H13NO3. The van der Waals surface area contributed by atoms with E-state index >= 15 is 0 Å². The molecule has 0 saturated carbocycles. The molecule has 0 fully saturated rings. The molecule has 0 unspecified atom stereocenters. The summed E-state index contributed by atoms with van der Waals surface area (Å²) in [6.07, 6.45) is 1.10. The lowest BCUT2D eigenvalue weighted by Gasteiger charge is -1.96. The van der Waals surface area contributed by atoms with Crippen LogP contribution in [0.3, 0.4) is 0 Å². The highest BCUT2D eigenvalue weighted by Gasteiger charge is 2.16. The summed E-state index contributed by atoms with van der Waals surface area (Å²) in [6.45, 7) is 3.70. The van der Waals surface area contributed by atoms with Gasteiger partial charge >= 0.3 is 5.97 Å². The molecule has 0 radical (unpaired) electrons. The largest absolute Gasteiger partial charge is 0.464 e. The minimum absolute atomic E-state index is 0.295. The summed E-state index contributed by atoms with van der Waals surface area (Å²) in [5.74, 6) is -0.400. The Morgan fingerprint density at radius 3 is 2.57 bits per heavy atom. The molecule has 1 aromatic heterocycles. The van der Waals surface area contributed by atoms with E-state index in [2.05, 4.69) is 9.72 Å². The second-order valence-corrected chi connectivity index (χ2v) is 3.09. The predicted octanol–water partition coefficient (Wildman–Crippen LogP) is 1.16. The summed E-state index contributed by atoms with van der Waals surface area (Å²) in [5.41, 5.74) is 2.99. The zero-order valence-corrected chi connectivity index (χ0v) is 8.51. The SMILES string of the molecule is COC(=O)c1[nH]c(CC=O)c(C)c1C. The van der Waals surface area contributed by atoms with E-state index in [0.29, 0.717) is 12.1 Å². The van der Waals surface area contributed by atoms with Crippen LogP contribution < -0.4 is 0 Å². The average Bonchev–Trinajstić information content (AvgIpc) is 2.46. The molecule has 0 spiro atoms. The zero-order chi connectivity index (χ0) is 10.7. The number of aromatic nitrogens is 1. The summed E-state index contributed by atoms with van der Waals surface area (Å²) in [7, 11) is 1.33. The minimum Gasteiger partial charge on any atom is -0.464 e.